The van der Waals surface area contributed by atoms with E-state index in [0.717, 1.165) is 11.1 Å². The van der Waals surface area contributed by atoms with Crippen LogP contribution in [0.25, 0.3) is 0 Å². The third kappa shape index (κ3) is 4.77. The minimum atomic E-state index is 0.339. The first-order valence-electron chi connectivity index (χ1n) is 6.10. The fraction of sp³-hybridized carbons (Fsp3) is 0.143. The first-order valence-corrected chi connectivity index (χ1v) is 6.89. The monoisotopic (exact) mass is 320 g/mol. The molecule has 0 bridgehead atoms. The summed E-state index contributed by atoms with van der Waals surface area (Å²) in [5.74, 6) is 0. The summed E-state index contributed by atoms with van der Waals surface area (Å²) in [5.41, 5.74) is 1.74. The summed E-state index contributed by atoms with van der Waals surface area (Å²) >= 11 is 10.9. The molecule has 0 atom stereocenters. The number of nitrogens with zero attached hydrogens (tertiary/aromatic N) is 4. The molecule has 0 saturated carbocycles. The van der Waals surface area contributed by atoms with Crippen LogP contribution in [0.15, 0.2) is 52.9 Å². The highest BCUT2D eigenvalue weighted by atomic mass is 35.5. The summed E-state index contributed by atoms with van der Waals surface area (Å²) < 4.78 is 1.96. The molecule has 21 heavy (non-hydrogen) atoms. The Morgan fingerprint density at radius 3 is 3.00 bits per heavy atom. The predicted octanol–water partition coefficient (Wildman–Crippen LogP) is 2.45. The quantitative estimate of drug-likeness (QED) is 0.376. The second kappa shape index (κ2) is 7.66. The number of hydrogen-bond acceptors (Lipinski definition) is 4. The van der Waals surface area contributed by atoms with Crippen molar-refractivity contribution in [1.29, 1.82) is 0 Å². The Labute approximate surface area is 132 Å². The van der Waals surface area contributed by atoms with Gasteiger partial charge < -0.3 is 9.40 Å². The van der Waals surface area contributed by atoms with Gasteiger partial charge in [0.25, 0.3) is 0 Å². The van der Waals surface area contributed by atoms with Crippen molar-refractivity contribution in [3.8, 4) is 0 Å². The Morgan fingerprint density at radius 2 is 2.29 bits per heavy atom. The summed E-state index contributed by atoms with van der Waals surface area (Å²) in [6, 6.07) is 9.37. The third-order valence-electron chi connectivity index (χ3n) is 2.55. The van der Waals surface area contributed by atoms with Crippen LogP contribution in [0.2, 0.25) is 5.15 Å². The van der Waals surface area contributed by atoms with E-state index in [-0.39, 0.29) is 0 Å². The Morgan fingerprint density at radius 1 is 1.43 bits per heavy atom. The average Bonchev–Trinajstić information content (AvgIpc) is 2.49. The van der Waals surface area contributed by atoms with Crippen LogP contribution >= 0.6 is 23.8 Å². The molecule has 0 aliphatic carbocycles. The minimum Gasteiger partial charge on any atom is -0.399 e. The van der Waals surface area contributed by atoms with E-state index in [1.54, 1.807) is 12.3 Å². The lowest BCUT2D eigenvalue weighted by Crippen LogP contribution is -2.22. The lowest BCUT2D eigenvalue weighted by Gasteiger charge is -2.07. The molecule has 0 fully saturated rings. The molecule has 7 heteroatoms. The van der Waals surface area contributed by atoms with Crippen molar-refractivity contribution >= 4 is 35.0 Å². The Bertz CT molecular complexity index is 709. The second-order valence-electron chi connectivity index (χ2n) is 4.04. The minimum absolute atomic E-state index is 0.339. The summed E-state index contributed by atoms with van der Waals surface area (Å²) in [6.45, 7) is 0.619. The third-order valence-corrected chi connectivity index (χ3v) is 2.97. The standard InChI is InChI=1S/C14H13ClN4OS/c1-20-17-9-14(21)18-13-4-2-3-7-19(13)10-11-5-6-12(15)16-8-11/h2-9H,10H2,1H3/b17-9+,18-13?. The van der Waals surface area contributed by atoms with E-state index in [9.17, 15) is 0 Å². The first-order chi connectivity index (χ1) is 10.2. The molecular formula is C14H13ClN4OS. The van der Waals surface area contributed by atoms with Gasteiger partial charge in [0.15, 0.2) is 0 Å². The maximum absolute atomic E-state index is 5.78. The van der Waals surface area contributed by atoms with Crippen molar-refractivity contribution in [2.45, 2.75) is 6.54 Å². The van der Waals surface area contributed by atoms with Crippen molar-refractivity contribution in [2.75, 3.05) is 7.11 Å². The maximum Gasteiger partial charge on any atom is 0.150 e. The highest BCUT2D eigenvalue weighted by Gasteiger charge is 1.98. The highest BCUT2D eigenvalue weighted by Crippen LogP contribution is 2.05. The van der Waals surface area contributed by atoms with Crippen molar-refractivity contribution in [3.63, 3.8) is 0 Å². The molecular weight excluding hydrogens is 308 g/mol. The summed E-state index contributed by atoms with van der Waals surface area (Å²) in [7, 11) is 1.45. The van der Waals surface area contributed by atoms with E-state index in [0.29, 0.717) is 16.7 Å². The van der Waals surface area contributed by atoms with E-state index < -0.39 is 0 Å². The Hall–Kier alpha value is -2.05. The van der Waals surface area contributed by atoms with Crippen LogP contribution in [-0.4, -0.2) is 27.9 Å². The van der Waals surface area contributed by atoms with E-state index in [2.05, 4.69) is 20.0 Å². The molecule has 2 aromatic heterocycles. The predicted molar refractivity (Wildman–Crippen MR) is 86.4 cm³/mol. The number of pyridine rings is 2. The van der Waals surface area contributed by atoms with Crippen LogP contribution < -0.4 is 5.49 Å². The van der Waals surface area contributed by atoms with Crippen LogP contribution in [0, 0.1) is 0 Å². The van der Waals surface area contributed by atoms with Gasteiger partial charge in [-0.2, -0.15) is 0 Å². The van der Waals surface area contributed by atoms with Crippen LogP contribution in [0.4, 0.5) is 0 Å². The van der Waals surface area contributed by atoms with Crippen molar-refractivity contribution < 1.29 is 4.84 Å². The molecule has 0 spiro atoms. The van der Waals surface area contributed by atoms with E-state index in [4.69, 9.17) is 23.8 Å². The number of thiocarbonyl (C=S) groups is 1. The number of rotatable bonds is 4. The van der Waals surface area contributed by atoms with Crippen LogP contribution in [0.5, 0.6) is 0 Å². The Balaban J connectivity index is 2.28. The molecule has 0 amide bonds. The SMILES string of the molecule is CO/N=C/C(=S)N=c1ccccn1Cc1ccc(Cl)nc1. The van der Waals surface area contributed by atoms with Crippen LogP contribution in [-0.2, 0) is 11.4 Å². The van der Waals surface area contributed by atoms with Crippen molar-refractivity contribution in [3.05, 3.63) is 58.9 Å². The number of halogens is 1. The zero-order chi connectivity index (χ0) is 15.1. The molecule has 0 saturated heterocycles. The van der Waals surface area contributed by atoms with Gasteiger partial charge in [-0.05, 0) is 23.8 Å². The number of oxime groups is 1. The van der Waals surface area contributed by atoms with Gasteiger partial charge in [0.05, 0.1) is 6.54 Å². The molecule has 0 radical (unpaired) electrons. The van der Waals surface area contributed by atoms with Gasteiger partial charge >= 0.3 is 0 Å². The van der Waals surface area contributed by atoms with Crippen LogP contribution in [0.1, 0.15) is 5.56 Å². The van der Waals surface area contributed by atoms with Crippen LogP contribution in [0.3, 0.4) is 0 Å². The molecule has 0 aliphatic rings. The zero-order valence-corrected chi connectivity index (χ0v) is 12.9. The smallest absolute Gasteiger partial charge is 0.150 e. The first kappa shape index (κ1) is 15.3. The summed E-state index contributed by atoms with van der Waals surface area (Å²) in [5, 5.41) is 4.07. The number of hydrogen-bond donors (Lipinski definition) is 0. The molecule has 0 unspecified atom stereocenters. The molecule has 5 nitrogen and oxygen atoms in total. The Kier molecular flexibility index (Phi) is 5.59. The van der Waals surface area contributed by atoms with Gasteiger partial charge in [0.2, 0.25) is 0 Å². The molecule has 108 valence electrons. The van der Waals surface area contributed by atoms with Gasteiger partial charge in [-0.3, -0.25) is 0 Å². The molecule has 2 aromatic rings. The largest absolute Gasteiger partial charge is 0.399 e. The van der Waals surface area contributed by atoms with Gasteiger partial charge in [-0.1, -0.05) is 41.1 Å². The van der Waals surface area contributed by atoms with E-state index in [1.807, 2.05) is 35.0 Å². The van der Waals surface area contributed by atoms with Gasteiger partial charge in [0.1, 0.15) is 29.0 Å². The molecule has 0 N–H and O–H groups in total. The highest BCUT2D eigenvalue weighted by molar-refractivity contribution is 7.81. The average molecular weight is 321 g/mol. The normalized spacial score (nSPS) is 11.8. The van der Waals surface area contributed by atoms with Gasteiger partial charge in [-0.25, -0.2) is 9.98 Å². The molecule has 2 rings (SSSR count). The zero-order valence-electron chi connectivity index (χ0n) is 11.3. The lowest BCUT2D eigenvalue weighted by molar-refractivity contribution is 0.216. The van der Waals surface area contributed by atoms with Crippen molar-refractivity contribution in [1.82, 2.24) is 9.55 Å². The van der Waals surface area contributed by atoms with Crippen molar-refractivity contribution in [2.24, 2.45) is 10.1 Å². The topological polar surface area (TPSA) is 51.8 Å². The summed E-state index contributed by atoms with van der Waals surface area (Å²) in [6.07, 6.45) is 5.04. The second-order valence-corrected chi connectivity index (χ2v) is 4.85. The fourth-order valence-electron chi connectivity index (χ4n) is 1.64. The maximum atomic E-state index is 5.78. The lowest BCUT2D eigenvalue weighted by atomic mass is 10.3. The molecule has 0 aromatic carbocycles. The fourth-order valence-corrected chi connectivity index (χ4v) is 1.89. The van der Waals surface area contributed by atoms with Gasteiger partial charge in [0, 0.05) is 12.4 Å². The molecule has 2 heterocycles. The molecule has 0 aliphatic heterocycles. The van der Waals surface area contributed by atoms with E-state index in [1.165, 1.54) is 13.3 Å². The van der Waals surface area contributed by atoms with Gasteiger partial charge in [-0.15, -0.1) is 0 Å². The van der Waals surface area contributed by atoms with E-state index >= 15 is 0 Å². The summed E-state index contributed by atoms with van der Waals surface area (Å²) in [4.78, 5) is 13.3. The number of aromatic nitrogens is 2.